The smallest absolute Gasteiger partial charge is 0.229 e. The molecule has 2 aromatic carbocycles. The van der Waals surface area contributed by atoms with Crippen molar-refractivity contribution < 1.29 is 4.79 Å². The molecule has 3 aromatic rings. The van der Waals surface area contributed by atoms with Gasteiger partial charge in [-0.2, -0.15) is 5.10 Å². The molecule has 0 radical (unpaired) electrons. The van der Waals surface area contributed by atoms with Crippen molar-refractivity contribution >= 4 is 29.8 Å². The summed E-state index contributed by atoms with van der Waals surface area (Å²) in [5.74, 6) is 1.15. The van der Waals surface area contributed by atoms with Gasteiger partial charge in [0.25, 0.3) is 0 Å². The zero-order chi connectivity index (χ0) is 18.6. The molecule has 1 saturated carbocycles. The first-order valence-corrected chi connectivity index (χ1v) is 9.49. The van der Waals surface area contributed by atoms with E-state index in [-0.39, 0.29) is 18.3 Å². The lowest BCUT2D eigenvalue weighted by Crippen LogP contribution is -2.17. The minimum absolute atomic E-state index is 0. The number of nitrogen functional groups attached to an aromatic ring is 1. The van der Waals surface area contributed by atoms with Crippen LogP contribution in [-0.4, -0.2) is 15.7 Å². The van der Waals surface area contributed by atoms with Crippen molar-refractivity contribution in [3.05, 3.63) is 71.9 Å². The third kappa shape index (κ3) is 4.54. The summed E-state index contributed by atoms with van der Waals surface area (Å²) < 4.78 is 1.84. The number of hydrogen-bond acceptors (Lipinski definition) is 3. The Hall–Kier alpha value is -2.79. The van der Waals surface area contributed by atoms with E-state index in [9.17, 15) is 4.79 Å². The third-order valence-corrected chi connectivity index (χ3v) is 5.11. The highest BCUT2D eigenvalue weighted by atomic mass is 35.5. The fourth-order valence-electron chi connectivity index (χ4n) is 3.68. The molecule has 1 aliphatic carbocycles. The van der Waals surface area contributed by atoms with Crippen LogP contribution in [-0.2, 0) is 11.2 Å². The Balaban J connectivity index is 0.00000225. The third-order valence-electron chi connectivity index (χ3n) is 5.11. The van der Waals surface area contributed by atoms with Crippen LogP contribution in [0.25, 0.3) is 5.69 Å². The first-order chi connectivity index (χ1) is 13.2. The lowest BCUT2D eigenvalue weighted by molar-refractivity contribution is -0.115. The van der Waals surface area contributed by atoms with Crippen LogP contribution in [0.2, 0.25) is 0 Å². The van der Waals surface area contributed by atoms with Gasteiger partial charge in [0.1, 0.15) is 5.82 Å². The summed E-state index contributed by atoms with van der Waals surface area (Å²) in [6.45, 7) is 0. The second-order valence-corrected chi connectivity index (χ2v) is 7.15. The van der Waals surface area contributed by atoms with Crippen LogP contribution in [0.15, 0.2) is 60.7 Å². The molecule has 0 aliphatic heterocycles. The van der Waals surface area contributed by atoms with Crippen LogP contribution in [0.4, 0.5) is 11.5 Å². The second kappa shape index (κ2) is 8.93. The molecule has 0 unspecified atom stereocenters. The van der Waals surface area contributed by atoms with Crippen LogP contribution >= 0.6 is 12.4 Å². The van der Waals surface area contributed by atoms with Crippen LogP contribution in [0.5, 0.6) is 0 Å². The Morgan fingerprint density at radius 2 is 1.75 bits per heavy atom. The molecule has 3 N–H and O–H groups in total. The van der Waals surface area contributed by atoms with E-state index in [1.165, 1.54) is 25.7 Å². The molecule has 0 saturated heterocycles. The molecule has 1 amide bonds. The molecule has 5 nitrogen and oxygen atoms in total. The summed E-state index contributed by atoms with van der Waals surface area (Å²) in [4.78, 5) is 12.6. The number of hydrogen-bond donors (Lipinski definition) is 2. The molecular weight excluding hydrogens is 372 g/mol. The van der Waals surface area contributed by atoms with E-state index in [1.807, 2.05) is 65.3 Å². The maximum absolute atomic E-state index is 12.6. The minimum Gasteiger partial charge on any atom is -0.399 e. The Kier molecular flexibility index (Phi) is 6.37. The average molecular weight is 397 g/mol. The molecule has 1 heterocycles. The highest BCUT2D eigenvalue weighted by Gasteiger charge is 2.22. The van der Waals surface area contributed by atoms with Gasteiger partial charge in [-0.3, -0.25) is 4.79 Å². The largest absolute Gasteiger partial charge is 0.399 e. The maximum atomic E-state index is 12.6. The predicted octanol–water partition coefficient (Wildman–Crippen LogP) is 4.72. The summed E-state index contributed by atoms with van der Waals surface area (Å²) in [5, 5.41) is 7.87. The highest BCUT2D eigenvalue weighted by Crippen LogP contribution is 2.35. The van der Waals surface area contributed by atoms with E-state index in [2.05, 4.69) is 5.32 Å². The van der Waals surface area contributed by atoms with E-state index in [1.54, 1.807) is 0 Å². The molecule has 0 bridgehead atoms. The number of carbonyl (C=O) groups excluding carboxylic acids is 1. The number of nitrogens with one attached hydrogen (secondary N) is 1. The molecule has 0 atom stereocenters. The first kappa shape index (κ1) is 20.0. The zero-order valence-corrected chi connectivity index (χ0v) is 16.5. The Bertz CT molecular complexity index is 915. The number of para-hydroxylation sites is 1. The standard InChI is InChI=1S/C22H24N4O.ClH/c23-18-12-10-16(11-13-18)14-22(27)24-21-15-20(17-6-4-5-7-17)25-26(21)19-8-2-1-3-9-19;/h1-3,8-13,15,17H,4-7,14,23H2,(H,24,27);1H. The summed E-state index contributed by atoms with van der Waals surface area (Å²) in [6, 6.07) is 19.4. The lowest BCUT2D eigenvalue weighted by Gasteiger charge is -2.09. The number of aromatic nitrogens is 2. The normalized spacial score (nSPS) is 13.9. The minimum atomic E-state index is -0.0603. The molecule has 146 valence electrons. The number of nitrogens with zero attached hydrogens (tertiary/aromatic N) is 2. The predicted molar refractivity (Wildman–Crippen MR) is 115 cm³/mol. The molecule has 1 fully saturated rings. The number of amides is 1. The van der Waals surface area contributed by atoms with Crippen LogP contribution in [0, 0.1) is 0 Å². The number of rotatable bonds is 5. The van der Waals surface area contributed by atoms with E-state index < -0.39 is 0 Å². The average Bonchev–Trinajstić information content (AvgIpc) is 3.34. The Labute approximate surface area is 171 Å². The Morgan fingerprint density at radius 3 is 2.43 bits per heavy atom. The molecule has 1 aromatic heterocycles. The maximum Gasteiger partial charge on any atom is 0.229 e. The number of halogens is 1. The number of carbonyl (C=O) groups is 1. The molecule has 6 heteroatoms. The lowest BCUT2D eigenvalue weighted by atomic mass is 10.0. The van der Waals surface area contributed by atoms with Gasteiger partial charge in [-0.15, -0.1) is 12.4 Å². The first-order valence-electron chi connectivity index (χ1n) is 9.49. The van der Waals surface area contributed by atoms with Crippen molar-refractivity contribution in [2.24, 2.45) is 0 Å². The monoisotopic (exact) mass is 396 g/mol. The van der Waals surface area contributed by atoms with Gasteiger partial charge in [0.2, 0.25) is 5.91 Å². The van der Waals surface area contributed by atoms with Gasteiger partial charge in [0.15, 0.2) is 0 Å². The van der Waals surface area contributed by atoms with E-state index in [0.29, 0.717) is 18.0 Å². The van der Waals surface area contributed by atoms with Crippen molar-refractivity contribution in [1.82, 2.24) is 9.78 Å². The van der Waals surface area contributed by atoms with Crippen molar-refractivity contribution in [2.45, 2.75) is 38.0 Å². The van der Waals surface area contributed by atoms with Crippen LogP contribution in [0.3, 0.4) is 0 Å². The summed E-state index contributed by atoms with van der Waals surface area (Å²) >= 11 is 0. The van der Waals surface area contributed by atoms with E-state index in [4.69, 9.17) is 10.8 Å². The molecule has 0 spiro atoms. The van der Waals surface area contributed by atoms with Crippen LogP contribution < -0.4 is 11.1 Å². The van der Waals surface area contributed by atoms with Crippen molar-refractivity contribution in [3.8, 4) is 5.69 Å². The molecule has 28 heavy (non-hydrogen) atoms. The van der Waals surface area contributed by atoms with Crippen molar-refractivity contribution in [2.75, 3.05) is 11.1 Å². The van der Waals surface area contributed by atoms with E-state index in [0.717, 1.165) is 22.8 Å². The number of nitrogens with two attached hydrogens (primary N) is 1. The molecular formula is C22H25ClN4O. The van der Waals surface area contributed by atoms with Crippen molar-refractivity contribution in [3.63, 3.8) is 0 Å². The highest BCUT2D eigenvalue weighted by molar-refractivity contribution is 5.91. The zero-order valence-electron chi connectivity index (χ0n) is 15.7. The Morgan fingerprint density at radius 1 is 1.07 bits per heavy atom. The van der Waals surface area contributed by atoms with Crippen molar-refractivity contribution in [1.29, 1.82) is 0 Å². The fourth-order valence-corrected chi connectivity index (χ4v) is 3.68. The quantitative estimate of drug-likeness (QED) is 0.613. The molecule has 4 rings (SSSR count). The summed E-state index contributed by atoms with van der Waals surface area (Å²) in [6.07, 6.45) is 5.15. The van der Waals surface area contributed by atoms with Gasteiger partial charge in [-0.1, -0.05) is 43.2 Å². The van der Waals surface area contributed by atoms with Gasteiger partial charge in [0.05, 0.1) is 17.8 Å². The number of anilines is 2. The van der Waals surface area contributed by atoms with Gasteiger partial charge < -0.3 is 11.1 Å². The fraction of sp³-hybridized carbons (Fsp3) is 0.273. The topological polar surface area (TPSA) is 72.9 Å². The van der Waals surface area contributed by atoms with E-state index >= 15 is 0 Å². The van der Waals surface area contributed by atoms with Crippen LogP contribution in [0.1, 0.15) is 42.9 Å². The SMILES string of the molecule is Cl.Nc1ccc(CC(=O)Nc2cc(C3CCCC3)nn2-c2ccccc2)cc1. The molecule has 1 aliphatic rings. The number of benzene rings is 2. The second-order valence-electron chi connectivity index (χ2n) is 7.15. The van der Waals surface area contributed by atoms with Gasteiger partial charge >= 0.3 is 0 Å². The summed E-state index contributed by atoms with van der Waals surface area (Å²) in [5.41, 5.74) is 9.36. The van der Waals surface area contributed by atoms with Gasteiger partial charge in [-0.25, -0.2) is 4.68 Å². The summed E-state index contributed by atoms with van der Waals surface area (Å²) in [7, 11) is 0. The van der Waals surface area contributed by atoms with Gasteiger partial charge in [0, 0.05) is 17.7 Å². The van der Waals surface area contributed by atoms with Gasteiger partial charge in [-0.05, 0) is 42.7 Å².